The Morgan fingerprint density at radius 1 is 1.12 bits per heavy atom. The monoisotopic (exact) mass is 359 g/mol. The first-order chi connectivity index (χ1) is 11.5. The maximum Gasteiger partial charge on any atom is 0.269 e. The van der Waals surface area contributed by atoms with E-state index in [-0.39, 0.29) is 18.2 Å². The molecule has 0 spiro atoms. The Morgan fingerprint density at radius 2 is 1.75 bits per heavy atom. The van der Waals surface area contributed by atoms with Gasteiger partial charge in [0.1, 0.15) is 6.61 Å². The van der Waals surface area contributed by atoms with Gasteiger partial charge >= 0.3 is 0 Å². The second kappa shape index (κ2) is 8.61. The first kappa shape index (κ1) is 18.2. The zero-order chi connectivity index (χ0) is 17.5. The number of hydrogen-bond acceptors (Lipinski definition) is 5. The topological polar surface area (TPSA) is 52.4 Å². The third-order valence-electron chi connectivity index (χ3n) is 3.57. The van der Waals surface area contributed by atoms with Crippen LogP contribution in [0, 0.1) is 10.1 Å². The van der Waals surface area contributed by atoms with E-state index < -0.39 is 4.92 Å². The van der Waals surface area contributed by atoms with Crippen LogP contribution in [0.5, 0.6) is 0 Å². The molecule has 0 aliphatic rings. The van der Waals surface area contributed by atoms with E-state index in [1.807, 2.05) is 37.3 Å². The highest BCUT2D eigenvalue weighted by atomic mass is 32.1. The van der Waals surface area contributed by atoms with Gasteiger partial charge in [0, 0.05) is 17.0 Å². The molecule has 0 aliphatic heterocycles. The molecule has 0 saturated carbocycles. The second-order valence-corrected chi connectivity index (χ2v) is 6.12. The molecule has 24 heavy (non-hydrogen) atoms. The van der Waals surface area contributed by atoms with E-state index in [1.54, 1.807) is 12.1 Å². The van der Waals surface area contributed by atoms with Crippen molar-refractivity contribution in [3.05, 3.63) is 75.8 Å². The fourth-order valence-corrected chi connectivity index (χ4v) is 2.91. The van der Waals surface area contributed by atoms with Gasteiger partial charge in [-0.1, -0.05) is 49.5 Å². The normalized spacial score (nSPS) is 11.5. The Kier molecular flexibility index (Phi) is 6.52. The van der Waals surface area contributed by atoms with E-state index in [4.69, 9.17) is 29.2 Å². The zero-order valence-corrected chi connectivity index (χ0v) is 14.8. The molecule has 4 nitrogen and oxygen atoms in total. The summed E-state index contributed by atoms with van der Waals surface area (Å²) in [4.78, 5) is 11.1. The molecule has 6 heteroatoms. The number of thiocarbonyl (C=S) groups is 2. The van der Waals surface area contributed by atoms with Crippen molar-refractivity contribution in [2.75, 3.05) is 0 Å². The third-order valence-corrected chi connectivity index (χ3v) is 4.45. The summed E-state index contributed by atoms with van der Waals surface area (Å²) < 4.78 is 5.74. The maximum atomic E-state index is 10.7. The Hall–Kier alpha value is -2.18. The fourth-order valence-electron chi connectivity index (χ4n) is 2.25. The molecular weight excluding hydrogens is 342 g/mol. The first-order valence-corrected chi connectivity index (χ1v) is 8.32. The highest BCUT2D eigenvalue weighted by Crippen LogP contribution is 2.23. The quantitative estimate of drug-likeness (QED) is 0.395. The van der Waals surface area contributed by atoms with Crippen LogP contribution in [0.15, 0.2) is 54.6 Å². The largest absolute Gasteiger partial charge is 0.481 e. The molecule has 1 unspecified atom stereocenters. The highest BCUT2D eigenvalue weighted by Gasteiger charge is 2.22. The molecule has 2 rings (SSSR count). The molecule has 0 N–H and O–H groups in total. The van der Waals surface area contributed by atoms with Crippen molar-refractivity contribution >= 4 is 40.0 Å². The summed E-state index contributed by atoms with van der Waals surface area (Å²) in [6.45, 7) is 2.25. The van der Waals surface area contributed by atoms with E-state index in [1.165, 1.54) is 12.1 Å². The van der Waals surface area contributed by atoms with E-state index in [9.17, 15) is 10.1 Å². The highest BCUT2D eigenvalue weighted by molar-refractivity contribution is 7.82. The standard InChI is InChI=1S/C18H17NO3S2/c1-2-16(23)17(14-6-4-3-5-7-14)18(24)22-12-13-8-10-15(11-9-13)19(20)21/h3-11,17H,2,12H2,1H3. The number of nitrogens with zero attached hydrogens (tertiary/aromatic N) is 1. The predicted molar refractivity (Wildman–Crippen MR) is 103 cm³/mol. The minimum atomic E-state index is -0.430. The summed E-state index contributed by atoms with van der Waals surface area (Å²) in [5.41, 5.74) is 1.88. The predicted octanol–water partition coefficient (Wildman–Crippen LogP) is 5.00. The van der Waals surface area contributed by atoms with E-state index in [2.05, 4.69) is 0 Å². The van der Waals surface area contributed by atoms with Crippen molar-refractivity contribution in [2.24, 2.45) is 0 Å². The van der Waals surface area contributed by atoms with E-state index in [0.29, 0.717) is 5.05 Å². The van der Waals surface area contributed by atoms with Crippen molar-refractivity contribution in [3.8, 4) is 0 Å². The average molecular weight is 359 g/mol. The second-order valence-electron chi connectivity index (χ2n) is 5.19. The third kappa shape index (κ3) is 4.66. The molecule has 2 aromatic rings. The van der Waals surface area contributed by atoms with Crippen molar-refractivity contribution in [2.45, 2.75) is 25.9 Å². The number of nitro groups is 1. The van der Waals surface area contributed by atoms with Crippen LogP contribution in [-0.4, -0.2) is 14.8 Å². The first-order valence-electron chi connectivity index (χ1n) is 7.50. The molecule has 0 saturated heterocycles. The van der Waals surface area contributed by atoms with Crippen LogP contribution in [0.25, 0.3) is 0 Å². The number of hydrogen-bond donors (Lipinski definition) is 0. The van der Waals surface area contributed by atoms with E-state index >= 15 is 0 Å². The summed E-state index contributed by atoms with van der Waals surface area (Å²) in [5, 5.41) is 11.1. The van der Waals surface area contributed by atoms with Crippen LogP contribution in [0.4, 0.5) is 5.69 Å². The molecule has 0 bridgehead atoms. The van der Waals surface area contributed by atoms with Gasteiger partial charge in [-0.3, -0.25) is 10.1 Å². The van der Waals surface area contributed by atoms with Crippen LogP contribution in [0.1, 0.15) is 30.4 Å². The maximum absolute atomic E-state index is 10.7. The zero-order valence-electron chi connectivity index (χ0n) is 13.2. The minimum absolute atomic E-state index is 0.0515. The molecule has 0 aliphatic carbocycles. The summed E-state index contributed by atoms with van der Waals surface area (Å²) in [6.07, 6.45) is 0.732. The van der Waals surface area contributed by atoms with Crippen molar-refractivity contribution < 1.29 is 9.66 Å². The van der Waals surface area contributed by atoms with Crippen LogP contribution in [0.2, 0.25) is 0 Å². The van der Waals surface area contributed by atoms with Gasteiger partial charge in [-0.2, -0.15) is 0 Å². The molecule has 0 aromatic heterocycles. The van der Waals surface area contributed by atoms with Gasteiger partial charge < -0.3 is 4.74 Å². The van der Waals surface area contributed by atoms with Crippen LogP contribution in [0.3, 0.4) is 0 Å². The number of benzene rings is 2. The van der Waals surface area contributed by atoms with Crippen LogP contribution >= 0.6 is 24.4 Å². The molecule has 2 aromatic carbocycles. The molecule has 0 radical (unpaired) electrons. The summed E-state index contributed by atoms with van der Waals surface area (Å²) >= 11 is 10.9. The lowest BCUT2D eigenvalue weighted by Crippen LogP contribution is -2.21. The number of rotatable bonds is 7. The minimum Gasteiger partial charge on any atom is -0.481 e. The SMILES string of the molecule is CCC(=S)C(C(=S)OCc1ccc([N+](=O)[O-])cc1)c1ccccc1. The van der Waals surface area contributed by atoms with Gasteiger partial charge in [0.2, 0.25) is 0 Å². The average Bonchev–Trinajstić information content (AvgIpc) is 2.61. The Morgan fingerprint density at radius 3 is 2.29 bits per heavy atom. The van der Waals surface area contributed by atoms with Crippen LogP contribution < -0.4 is 0 Å². The lowest BCUT2D eigenvalue weighted by molar-refractivity contribution is -0.384. The van der Waals surface area contributed by atoms with Crippen molar-refractivity contribution in [1.29, 1.82) is 0 Å². The van der Waals surface area contributed by atoms with Gasteiger partial charge in [0.25, 0.3) is 5.69 Å². The molecule has 0 amide bonds. The van der Waals surface area contributed by atoms with Gasteiger partial charge in [-0.05, 0) is 41.9 Å². The van der Waals surface area contributed by atoms with Crippen molar-refractivity contribution in [1.82, 2.24) is 0 Å². The molecule has 124 valence electrons. The summed E-state index contributed by atoms with van der Waals surface area (Å²) in [7, 11) is 0. The molecule has 1 atom stereocenters. The van der Waals surface area contributed by atoms with Crippen molar-refractivity contribution in [3.63, 3.8) is 0 Å². The Bertz CT molecular complexity index is 730. The van der Waals surface area contributed by atoms with Gasteiger partial charge in [0.05, 0.1) is 10.8 Å². The van der Waals surface area contributed by atoms with E-state index in [0.717, 1.165) is 22.4 Å². The number of nitro benzene ring substituents is 1. The Labute approximate surface area is 151 Å². The van der Waals surface area contributed by atoms with Gasteiger partial charge in [-0.25, -0.2) is 0 Å². The smallest absolute Gasteiger partial charge is 0.269 e. The van der Waals surface area contributed by atoms with Gasteiger partial charge in [0.15, 0.2) is 5.05 Å². The van der Waals surface area contributed by atoms with Gasteiger partial charge in [-0.15, -0.1) is 0 Å². The Balaban J connectivity index is 2.08. The fraction of sp³-hybridized carbons (Fsp3) is 0.222. The molecule has 0 fully saturated rings. The molecular formula is C18H17NO3S2. The summed E-state index contributed by atoms with van der Waals surface area (Å²) in [5.74, 6) is -0.209. The summed E-state index contributed by atoms with van der Waals surface area (Å²) in [6, 6.07) is 16.0. The number of ether oxygens (including phenoxy) is 1. The number of non-ortho nitro benzene ring substituents is 1. The lowest BCUT2D eigenvalue weighted by atomic mass is 9.95. The molecule has 0 heterocycles. The lowest BCUT2D eigenvalue weighted by Gasteiger charge is -2.19. The van der Waals surface area contributed by atoms with Crippen LogP contribution in [-0.2, 0) is 11.3 Å².